The molecule has 0 aliphatic carbocycles. The number of carbonyl (C=O) groups is 1. The maximum absolute atomic E-state index is 12.3. The summed E-state index contributed by atoms with van der Waals surface area (Å²) in [4.78, 5) is 14.0. The zero-order valence-electron chi connectivity index (χ0n) is 14.9. The van der Waals surface area contributed by atoms with Gasteiger partial charge < -0.3 is 10.2 Å². The highest BCUT2D eigenvalue weighted by atomic mass is 32.2. The molecular weight excluding hydrogens is 384 g/mol. The van der Waals surface area contributed by atoms with Crippen LogP contribution in [0.4, 0.5) is 10.8 Å². The average molecular weight is 405 g/mol. The van der Waals surface area contributed by atoms with Crippen LogP contribution in [-0.4, -0.2) is 33.8 Å². The van der Waals surface area contributed by atoms with Gasteiger partial charge in [-0.2, -0.15) is 11.3 Å². The summed E-state index contributed by atoms with van der Waals surface area (Å²) in [5.74, 6) is 0.443. The van der Waals surface area contributed by atoms with E-state index >= 15 is 0 Å². The molecule has 0 spiro atoms. The highest BCUT2D eigenvalue weighted by molar-refractivity contribution is 8.01. The second-order valence-electron chi connectivity index (χ2n) is 5.97. The Bertz CT molecular complexity index is 876. The SMILES string of the molecule is Cc1ccc(Nc2nnc(SCC(=O)N(C)Cc3ccsc3)s2)cc1C. The number of aromatic nitrogens is 2. The number of aryl methyl sites for hydroxylation is 2. The lowest BCUT2D eigenvalue weighted by Gasteiger charge is -2.15. The van der Waals surface area contributed by atoms with Crippen LogP contribution in [0.2, 0.25) is 0 Å². The number of rotatable bonds is 7. The van der Waals surface area contributed by atoms with E-state index in [1.807, 2.05) is 24.6 Å². The molecule has 0 atom stereocenters. The van der Waals surface area contributed by atoms with E-state index in [9.17, 15) is 4.79 Å². The summed E-state index contributed by atoms with van der Waals surface area (Å²) >= 11 is 4.52. The van der Waals surface area contributed by atoms with Gasteiger partial charge in [0.2, 0.25) is 11.0 Å². The lowest BCUT2D eigenvalue weighted by molar-refractivity contribution is -0.127. The lowest BCUT2D eigenvalue weighted by Crippen LogP contribution is -2.27. The van der Waals surface area contributed by atoms with Gasteiger partial charge in [0.05, 0.1) is 5.75 Å². The minimum atomic E-state index is 0.0834. The van der Waals surface area contributed by atoms with E-state index in [1.54, 1.807) is 16.2 Å². The summed E-state index contributed by atoms with van der Waals surface area (Å²) in [6.45, 7) is 4.81. The largest absolute Gasteiger partial charge is 0.341 e. The molecule has 0 aliphatic rings. The second kappa shape index (κ2) is 8.66. The van der Waals surface area contributed by atoms with Gasteiger partial charge in [0.1, 0.15) is 0 Å². The van der Waals surface area contributed by atoms with E-state index in [-0.39, 0.29) is 5.91 Å². The molecule has 2 heterocycles. The number of thioether (sulfide) groups is 1. The van der Waals surface area contributed by atoms with Gasteiger partial charge in [-0.15, -0.1) is 10.2 Å². The van der Waals surface area contributed by atoms with E-state index < -0.39 is 0 Å². The fourth-order valence-electron chi connectivity index (χ4n) is 2.24. The van der Waals surface area contributed by atoms with Gasteiger partial charge in [0, 0.05) is 19.3 Å². The quantitative estimate of drug-likeness (QED) is 0.578. The smallest absolute Gasteiger partial charge is 0.233 e. The van der Waals surface area contributed by atoms with Crippen molar-refractivity contribution in [2.75, 3.05) is 18.1 Å². The molecule has 2 aromatic heterocycles. The minimum absolute atomic E-state index is 0.0834. The summed E-state index contributed by atoms with van der Waals surface area (Å²) < 4.78 is 0.786. The van der Waals surface area contributed by atoms with Crippen LogP contribution >= 0.6 is 34.4 Å². The molecule has 5 nitrogen and oxygen atoms in total. The molecule has 0 unspecified atom stereocenters. The zero-order chi connectivity index (χ0) is 18.5. The standard InChI is InChI=1S/C18H20N4OS3/c1-12-4-5-15(8-13(12)2)19-17-20-21-18(26-17)25-11-16(23)22(3)9-14-6-7-24-10-14/h4-8,10H,9,11H2,1-3H3,(H,19,20). The van der Waals surface area contributed by atoms with Gasteiger partial charge in [-0.05, 0) is 59.5 Å². The number of amides is 1. The van der Waals surface area contributed by atoms with E-state index in [4.69, 9.17) is 0 Å². The fourth-order valence-corrected chi connectivity index (χ4v) is 4.61. The summed E-state index contributed by atoms with van der Waals surface area (Å²) in [6.07, 6.45) is 0. The van der Waals surface area contributed by atoms with Crippen LogP contribution in [0.3, 0.4) is 0 Å². The van der Waals surface area contributed by atoms with Crippen LogP contribution in [0.25, 0.3) is 0 Å². The zero-order valence-corrected chi connectivity index (χ0v) is 17.3. The summed E-state index contributed by atoms with van der Waals surface area (Å²) in [7, 11) is 1.83. The number of carbonyl (C=O) groups excluding carboxylic acids is 1. The molecule has 0 aliphatic heterocycles. The molecule has 26 heavy (non-hydrogen) atoms. The first-order valence-electron chi connectivity index (χ1n) is 8.07. The maximum atomic E-state index is 12.3. The first-order chi connectivity index (χ1) is 12.5. The lowest BCUT2D eigenvalue weighted by atomic mass is 10.1. The molecule has 0 saturated carbocycles. The van der Waals surface area contributed by atoms with Crippen LogP contribution in [0.1, 0.15) is 16.7 Å². The van der Waals surface area contributed by atoms with Gasteiger partial charge in [-0.25, -0.2) is 0 Å². The van der Waals surface area contributed by atoms with E-state index in [0.29, 0.717) is 12.3 Å². The maximum Gasteiger partial charge on any atom is 0.233 e. The Morgan fingerprint density at radius 1 is 1.23 bits per heavy atom. The normalized spacial score (nSPS) is 10.7. The molecule has 0 bridgehead atoms. The topological polar surface area (TPSA) is 58.1 Å². The number of benzene rings is 1. The molecule has 0 saturated heterocycles. The Hall–Kier alpha value is -1.90. The Morgan fingerprint density at radius 2 is 2.08 bits per heavy atom. The summed E-state index contributed by atoms with van der Waals surface area (Å²) in [6, 6.07) is 8.24. The van der Waals surface area contributed by atoms with Crippen molar-refractivity contribution in [3.05, 3.63) is 51.7 Å². The average Bonchev–Trinajstić information content (AvgIpc) is 3.28. The first-order valence-corrected chi connectivity index (χ1v) is 10.8. The number of thiophene rings is 1. The predicted molar refractivity (Wildman–Crippen MR) is 111 cm³/mol. The van der Waals surface area contributed by atoms with Crippen molar-refractivity contribution < 1.29 is 4.79 Å². The van der Waals surface area contributed by atoms with Crippen LogP contribution in [0.15, 0.2) is 39.4 Å². The van der Waals surface area contributed by atoms with E-state index in [2.05, 4.69) is 46.9 Å². The van der Waals surface area contributed by atoms with Crippen molar-refractivity contribution in [1.29, 1.82) is 0 Å². The van der Waals surface area contributed by atoms with Gasteiger partial charge >= 0.3 is 0 Å². The molecular formula is C18H20N4OS3. The number of anilines is 2. The molecule has 8 heteroatoms. The molecule has 136 valence electrons. The Kier molecular flexibility index (Phi) is 6.29. The van der Waals surface area contributed by atoms with Crippen LogP contribution in [-0.2, 0) is 11.3 Å². The number of nitrogens with one attached hydrogen (secondary N) is 1. The monoisotopic (exact) mass is 404 g/mol. The van der Waals surface area contributed by atoms with Crippen molar-refractivity contribution in [2.45, 2.75) is 24.7 Å². The Labute approximate surface area is 165 Å². The fraction of sp³-hybridized carbons (Fsp3) is 0.278. The van der Waals surface area contributed by atoms with E-state index in [1.165, 1.54) is 34.2 Å². The molecule has 1 aromatic carbocycles. The Balaban J connectivity index is 1.51. The van der Waals surface area contributed by atoms with Crippen molar-refractivity contribution in [3.63, 3.8) is 0 Å². The number of nitrogens with zero attached hydrogens (tertiary/aromatic N) is 3. The van der Waals surface area contributed by atoms with E-state index in [0.717, 1.165) is 20.7 Å². The highest BCUT2D eigenvalue weighted by Gasteiger charge is 2.13. The van der Waals surface area contributed by atoms with Crippen molar-refractivity contribution in [1.82, 2.24) is 15.1 Å². The minimum Gasteiger partial charge on any atom is -0.341 e. The molecule has 1 N–H and O–H groups in total. The Morgan fingerprint density at radius 3 is 2.81 bits per heavy atom. The van der Waals surface area contributed by atoms with Gasteiger partial charge in [-0.1, -0.05) is 29.2 Å². The molecule has 0 radical (unpaired) electrons. The summed E-state index contributed by atoms with van der Waals surface area (Å²) in [5.41, 5.74) is 4.64. The van der Waals surface area contributed by atoms with Crippen LogP contribution in [0.5, 0.6) is 0 Å². The number of hydrogen-bond donors (Lipinski definition) is 1. The van der Waals surface area contributed by atoms with Gasteiger partial charge in [0.15, 0.2) is 4.34 Å². The molecule has 3 rings (SSSR count). The molecule has 3 aromatic rings. The van der Waals surface area contributed by atoms with Crippen molar-refractivity contribution in [3.8, 4) is 0 Å². The van der Waals surface area contributed by atoms with Crippen LogP contribution < -0.4 is 5.32 Å². The van der Waals surface area contributed by atoms with Crippen LogP contribution in [0, 0.1) is 13.8 Å². The van der Waals surface area contributed by atoms with Gasteiger partial charge in [0.25, 0.3) is 0 Å². The van der Waals surface area contributed by atoms with Crippen molar-refractivity contribution in [2.24, 2.45) is 0 Å². The third-order valence-corrected chi connectivity index (χ3v) is 6.60. The molecule has 1 amide bonds. The van der Waals surface area contributed by atoms with Gasteiger partial charge in [-0.3, -0.25) is 4.79 Å². The number of hydrogen-bond acceptors (Lipinski definition) is 7. The third kappa shape index (κ3) is 5.06. The highest BCUT2D eigenvalue weighted by Crippen LogP contribution is 2.28. The summed E-state index contributed by atoms with van der Waals surface area (Å²) in [5, 5.41) is 16.4. The predicted octanol–water partition coefficient (Wildman–Crippen LogP) is 4.71. The van der Waals surface area contributed by atoms with Crippen molar-refractivity contribution >= 4 is 51.2 Å². The third-order valence-electron chi connectivity index (χ3n) is 3.91. The first kappa shape index (κ1) is 18.9. The second-order valence-corrected chi connectivity index (χ2v) is 8.95. The molecule has 0 fully saturated rings.